The molecule has 2 aromatic carbocycles. The molecule has 3 heterocycles. The van der Waals surface area contributed by atoms with Crippen LogP contribution in [0.3, 0.4) is 0 Å². The van der Waals surface area contributed by atoms with Gasteiger partial charge in [-0.3, -0.25) is 4.79 Å². The molecule has 0 aliphatic carbocycles. The molecule has 0 saturated heterocycles. The SMILES string of the molecule is CCn1c(CSc2nc3ccccc3s2)nnc1S[C@H](C)C(=O)Nc1ccc2c(c1)OCO2. The fraction of sp³-hybridized carbons (Fsp3) is 0.273. The average molecular weight is 500 g/mol. The molecule has 1 atom stereocenters. The quantitative estimate of drug-likeness (QED) is 0.337. The first kappa shape index (κ1) is 22.1. The number of hydrogen-bond acceptors (Lipinski definition) is 9. The molecule has 0 unspecified atom stereocenters. The van der Waals surface area contributed by atoms with Gasteiger partial charge >= 0.3 is 0 Å². The third-order valence-corrected chi connectivity index (χ3v) is 8.26. The van der Waals surface area contributed by atoms with E-state index in [4.69, 9.17) is 9.47 Å². The molecular formula is C22H21N5O3S3. The highest BCUT2D eigenvalue weighted by Gasteiger charge is 2.21. The summed E-state index contributed by atoms with van der Waals surface area (Å²) < 4.78 is 14.9. The lowest BCUT2D eigenvalue weighted by atomic mass is 10.2. The van der Waals surface area contributed by atoms with Gasteiger partial charge in [-0.25, -0.2) is 4.98 Å². The second kappa shape index (κ2) is 9.62. The first-order chi connectivity index (χ1) is 16.1. The third-order valence-electron chi connectivity index (χ3n) is 5.00. The highest BCUT2D eigenvalue weighted by Crippen LogP contribution is 2.35. The van der Waals surface area contributed by atoms with E-state index in [0.29, 0.717) is 22.9 Å². The topological polar surface area (TPSA) is 91.2 Å². The van der Waals surface area contributed by atoms with Crippen LogP contribution in [0.2, 0.25) is 0 Å². The van der Waals surface area contributed by atoms with Gasteiger partial charge in [-0.2, -0.15) is 0 Å². The molecule has 8 nitrogen and oxygen atoms in total. The largest absolute Gasteiger partial charge is 0.454 e. The summed E-state index contributed by atoms with van der Waals surface area (Å²) in [7, 11) is 0. The fourth-order valence-electron chi connectivity index (χ4n) is 3.30. The van der Waals surface area contributed by atoms with Gasteiger partial charge in [0, 0.05) is 18.3 Å². The molecule has 1 aliphatic rings. The Morgan fingerprint density at radius 3 is 2.91 bits per heavy atom. The number of thioether (sulfide) groups is 2. The molecule has 0 bridgehead atoms. The predicted octanol–water partition coefficient (Wildman–Crippen LogP) is 5.05. The smallest absolute Gasteiger partial charge is 0.237 e. The number of hydrogen-bond donors (Lipinski definition) is 1. The lowest BCUT2D eigenvalue weighted by Gasteiger charge is -2.13. The highest BCUT2D eigenvalue weighted by molar-refractivity contribution is 8.00. The molecule has 170 valence electrons. The molecule has 0 spiro atoms. The van der Waals surface area contributed by atoms with Crippen LogP contribution in [0.5, 0.6) is 11.5 Å². The molecule has 5 rings (SSSR count). The summed E-state index contributed by atoms with van der Waals surface area (Å²) in [5, 5.41) is 12.0. The zero-order valence-corrected chi connectivity index (χ0v) is 20.4. The van der Waals surface area contributed by atoms with Crippen molar-refractivity contribution in [3.05, 3.63) is 48.3 Å². The van der Waals surface area contributed by atoms with E-state index in [-0.39, 0.29) is 18.0 Å². The Hall–Kier alpha value is -2.76. The van der Waals surface area contributed by atoms with E-state index in [1.165, 1.54) is 16.5 Å². The summed E-state index contributed by atoms with van der Waals surface area (Å²) in [4.78, 5) is 17.4. The summed E-state index contributed by atoms with van der Waals surface area (Å²) in [6.45, 7) is 4.83. The first-order valence-electron chi connectivity index (χ1n) is 10.4. The van der Waals surface area contributed by atoms with Crippen LogP contribution in [0, 0.1) is 0 Å². The van der Waals surface area contributed by atoms with Crippen molar-refractivity contribution >= 4 is 56.7 Å². The Morgan fingerprint density at radius 2 is 2.06 bits per heavy atom. The van der Waals surface area contributed by atoms with Gasteiger partial charge in [-0.15, -0.1) is 21.5 Å². The van der Waals surface area contributed by atoms with Crippen molar-refractivity contribution in [2.45, 2.75) is 40.9 Å². The molecule has 1 N–H and O–H groups in total. The number of ether oxygens (including phenoxy) is 2. The molecule has 4 aromatic rings. The van der Waals surface area contributed by atoms with Gasteiger partial charge in [-0.05, 0) is 38.1 Å². The van der Waals surface area contributed by atoms with E-state index < -0.39 is 0 Å². The van der Waals surface area contributed by atoms with Crippen LogP contribution >= 0.6 is 34.9 Å². The summed E-state index contributed by atoms with van der Waals surface area (Å²) in [6.07, 6.45) is 0. The Kier molecular flexibility index (Phi) is 6.43. The number of benzene rings is 2. The molecule has 11 heteroatoms. The Morgan fingerprint density at radius 1 is 1.21 bits per heavy atom. The van der Waals surface area contributed by atoms with Crippen LogP contribution in [-0.2, 0) is 17.1 Å². The van der Waals surface area contributed by atoms with Crippen molar-refractivity contribution in [3.63, 3.8) is 0 Å². The fourth-order valence-corrected chi connectivity index (χ4v) is 6.24. The first-order valence-corrected chi connectivity index (χ1v) is 13.1. The van der Waals surface area contributed by atoms with E-state index in [1.54, 1.807) is 41.3 Å². The zero-order valence-electron chi connectivity index (χ0n) is 18.0. The van der Waals surface area contributed by atoms with Crippen LogP contribution in [0.15, 0.2) is 52.0 Å². The summed E-state index contributed by atoms with van der Waals surface area (Å²) in [5.41, 5.74) is 1.68. The second-order valence-electron chi connectivity index (χ2n) is 7.20. The Balaban J connectivity index is 1.22. The van der Waals surface area contributed by atoms with Gasteiger partial charge in [-0.1, -0.05) is 35.7 Å². The number of rotatable bonds is 8. The predicted molar refractivity (Wildman–Crippen MR) is 131 cm³/mol. The van der Waals surface area contributed by atoms with Crippen molar-refractivity contribution in [1.82, 2.24) is 19.7 Å². The molecule has 0 radical (unpaired) electrons. The van der Waals surface area contributed by atoms with Crippen LogP contribution in [0.25, 0.3) is 10.2 Å². The number of anilines is 1. The van der Waals surface area contributed by atoms with Gasteiger partial charge in [0.05, 0.1) is 21.2 Å². The number of amides is 1. The lowest BCUT2D eigenvalue weighted by molar-refractivity contribution is -0.115. The summed E-state index contributed by atoms with van der Waals surface area (Å²) in [5.74, 6) is 2.73. The Bertz CT molecular complexity index is 1270. The Labute approximate surface area is 203 Å². The maximum Gasteiger partial charge on any atom is 0.237 e. The third kappa shape index (κ3) is 4.80. The molecule has 1 amide bonds. The van der Waals surface area contributed by atoms with Crippen LogP contribution in [-0.4, -0.2) is 37.7 Å². The number of fused-ring (bicyclic) bond motifs is 2. The average Bonchev–Trinajstić information content (AvgIpc) is 3.54. The van der Waals surface area contributed by atoms with Crippen LogP contribution < -0.4 is 14.8 Å². The maximum absolute atomic E-state index is 12.7. The van der Waals surface area contributed by atoms with Crippen molar-refractivity contribution in [2.24, 2.45) is 0 Å². The minimum atomic E-state index is -0.352. The van der Waals surface area contributed by atoms with E-state index in [0.717, 1.165) is 27.4 Å². The molecule has 0 fully saturated rings. The standard InChI is InChI=1S/C22H21N5O3S3/c1-3-27-19(11-31-22-24-15-6-4-5-7-18(15)33-22)25-26-21(27)32-13(2)20(28)23-14-8-9-16-17(10-14)30-12-29-16/h4-10,13H,3,11-12H2,1-2H3,(H,23,28)/t13-/m1/s1. The number of nitrogens with zero attached hydrogens (tertiary/aromatic N) is 4. The maximum atomic E-state index is 12.7. The van der Waals surface area contributed by atoms with Gasteiger partial charge in [0.15, 0.2) is 21.0 Å². The molecule has 2 aromatic heterocycles. The second-order valence-corrected chi connectivity index (χ2v) is 10.8. The van der Waals surface area contributed by atoms with Crippen molar-refractivity contribution in [3.8, 4) is 11.5 Å². The summed E-state index contributed by atoms with van der Waals surface area (Å²) in [6, 6.07) is 13.5. The molecule has 33 heavy (non-hydrogen) atoms. The van der Waals surface area contributed by atoms with E-state index in [9.17, 15) is 4.79 Å². The van der Waals surface area contributed by atoms with E-state index in [1.807, 2.05) is 25.1 Å². The normalized spacial score (nSPS) is 13.4. The number of nitrogens with one attached hydrogen (secondary N) is 1. The monoisotopic (exact) mass is 499 g/mol. The lowest BCUT2D eigenvalue weighted by Crippen LogP contribution is -2.23. The zero-order chi connectivity index (χ0) is 22.8. The highest BCUT2D eigenvalue weighted by atomic mass is 32.2. The number of carbonyl (C=O) groups excluding carboxylic acids is 1. The molecule has 1 aliphatic heterocycles. The van der Waals surface area contributed by atoms with Crippen molar-refractivity contribution < 1.29 is 14.3 Å². The van der Waals surface area contributed by atoms with E-state index in [2.05, 4.69) is 38.1 Å². The minimum absolute atomic E-state index is 0.116. The van der Waals surface area contributed by atoms with Crippen LogP contribution in [0.4, 0.5) is 5.69 Å². The van der Waals surface area contributed by atoms with Crippen LogP contribution in [0.1, 0.15) is 19.7 Å². The number of aromatic nitrogens is 4. The van der Waals surface area contributed by atoms with Gasteiger partial charge in [0.2, 0.25) is 12.7 Å². The van der Waals surface area contributed by atoms with Gasteiger partial charge < -0.3 is 19.4 Å². The molecule has 0 saturated carbocycles. The van der Waals surface area contributed by atoms with Gasteiger partial charge in [0.1, 0.15) is 5.82 Å². The van der Waals surface area contributed by atoms with E-state index >= 15 is 0 Å². The molecular weight excluding hydrogens is 478 g/mol. The van der Waals surface area contributed by atoms with Crippen molar-refractivity contribution in [2.75, 3.05) is 12.1 Å². The number of thiazole rings is 1. The van der Waals surface area contributed by atoms with Gasteiger partial charge in [0.25, 0.3) is 0 Å². The number of carbonyl (C=O) groups is 1. The number of para-hydroxylation sites is 1. The van der Waals surface area contributed by atoms with Crippen molar-refractivity contribution in [1.29, 1.82) is 0 Å². The minimum Gasteiger partial charge on any atom is -0.454 e. The summed E-state index contributed by atoms with van der Waals surface area (Å²) >= 11 is 4.72.